The van der Waals surface area contributed by atoms with Crippen LogP contribution in [0.4, 0.5) is 5.69 Å². The second kappa shape index (κ2) is 9.87. The number of hydrogen-bond acceptors (Lipinski definition) is 4. The van der Waals surface area contributed by atoms with Gasteiger partial charge in [-0.25, -0.2) is 5.43 Å². The fourth-order valence-electron chi connectivity index (χ4n) is 1.94. The lowest BCUT2D eigenvalue weighted by Crippen LogP contribution is -2.24. The van der Waals surface area contributed by atoms with Crippen molar-refractivity contribution in [3.8, 4) is 18.1 Å². The predicted octanol–water partition coefficient (Wildman–Crippen LogP) is 2.83. The minimum atomic E-state index is -0.547. The molecule has 0 saturated carbocycles. The maximum absolute atomic E-state index is 11.8. The van der Waals surface area contributed by atoms with E-state index in [0.29, 0.717) is 22.0 Å². The van der Waals surface area contributed by atoms with E-state index in [1.807, 2.05) is 0 Å². The molecule has 2 N–H and O–H groups in total. The summed E-state index contributed by atoms with van der Waals surface area (Å²) in [6.45, 7) is 0.127. The Bertz CT molecular complexity index is 842. The van der Waals surface area contributed by atoms with Gasteiger partial charge in [0.25, 0.3) is 0 Å². The van der Waals surface area contributed by atoms with Crippen LogP contribution in [-0.2, 0) is 9.59 Å². The Hall–Kier alpha value is -3.30. The number of halogens is 1. The molecule has 132 valence electrons. The highest BCUT2D eigenvalue weighted by molar-refractivity contribution is 6.30. The van der Waals surface area contributed by atoms with Crippen LogP contribution in [0.25, 0.3) is 0 Å². The molecule has 0 aliphatic heterocycles. The molecule has 0 fully saturated rings. The average Bonchev–Trinajstić information content (AvgIpc) is 2.62. The summed E-state index contributed by atoms with van der Waals surface area (Å²) in [5.74, 6) is 1.91. The van der Waals surface area contributed by atoms with Gasteiger partial charge in [-0.3, -0.25) is 9.59 Å². The number of ether oxygens (including phenoxy) is 1. The van der Waals surface area contributed by atoms with Crippen molar-refractivity contribution in [1.82, 2.24) is 5.43 Å². The van der Waals surface area contributed by atoms with Crippen molar-refractivity contribution in [3.05, 3.63) is 59.1 Å². The standard InChI is InChI=1S/C19H16ClN3O3/c1-2-11-26-17-6-4-3-5-14(17)13-21-23-19(25)12-18(24)22-16-9-7-15(20)8-10-16/h1,3-10,13H,11-12H2,(H,22,24)(H,23,25). The summed E-state index contributed by atoms with van der Waals surface area (Å²) in [5, 5.41) is 6.98. The van der Waals surface area contributed by atoms with E-state index in [0.717, 1.165) is 0 Å². The highest BCUT2D eigenvalue weighted by Crippen LogP contribution is 2.15. The zero-order valence-corrected chi connectivity index (χ0v) is 14.5. The SMILES string of the molecule is C#CCOc1ccccc1C=NNC(=O)CC(=O)Nc1ccc(Cl)cc1. The molecule has 0 atom stereocenters. The summed E-state index contributed by atoms with van der Waals surface area (Å²) in [5.41, 5.74) is 3.49. The van der Waals surface area contributed by atoms with Crippen LogP contribution in [0.15, 0.2) is 53.6 Å². The van der Waals surface area contributed by atoms with Crippen LogP contribution in [0.5, 0.6) is 5.75 Å². The Morgan fingerprint density at radius 1 is 1.15 bits per heavy atom. The number of nitrogens with zero attached hydrogens (tertiary/aromatic N) is 1. The molecule has 2 aromatic carbocycles. The topological polar surface area (TPSA) is 79.8 Å². The van der Waals surface area contributed by atoms with Gasteiger partial charge in [0.2, 0.25) is 11.8 Å². The maximum atomic E-state index is 11.8. The first-order valence-corrected chi connectivity index (χ1v) is 7.99. The minimum Gasteiger partial charge on any atom is -0.480 e. The fraction of sp³-hybridized carbons (Fsp3) is 0.105. The van der Waals surface area contributed by atoms with Crippen LogP contribution in [-0.4, -0.2) is 24.6 Å². The van der Waals surface area contributed by atoms with Crippen molar-refractivity contribution >= 4 is 35.3 Å². The number of hydrazone groups is 1. The van der Waals surface area contributed by atoms with Crippen molar-refractivity contribution in [1.29, 1.82) is 0 Å². The van der Waals surface area contributed by atoms with Gasteiger partial charge >= 0.3 is 0 Å². The normalized spacial score (nSPS) is 10.2. The minimum absolute atomic E-state index is 0.127. The van der Waals surface area contributed by atoms with Crippen LogP contribution in [0.3, 0.4) is 0 Å². The Morgan fingerprint density at radius 3 is 2.62 bits per heavy atom. The summed E-state index contributed by atoms with van der Waals surface area (Å²) in [6, 6.07) is 13.7. The van der Waals surface area contributed by atoms with Crippen molar-refractivity contribution in [3.63, 3.8) is 0 Å². The van der Waals surface area contributed by atoms with Crippen molar-refractivity contribution < 1.29 is 14.3 Å². The van der Waals surface area contributed by atoms with Gasteiger partial charge in [-0.2, -0.15) is 5.10 Å². The molecular weight excluding hydrogens is 354 g/mol. The van der Waals surface area contributed by atoms with Gasteiger partial charge in [0.1, 0.15) is 18.8 Å². The summed E-state index contributed by atoms with van der Waals surface area (Å²) in [4.78, 5) is 23.6. The third-order valence-corrected chi connectivity index (χ3v) is 3.32. The lowest BCUT2D eigenvalue weighted by Gasteiger charge is -2.06. The molecule has 2 amide bonds. The van der Waals surface area contributed by atoms with Crippen molar-refractivity contribution in [2.24, 2.45) is 5.10 Å². The zero-order chi connectivity index (χ0) is 18.8. The molecule has 0 heterocycles. The monoisotopic (exact) mass is 369 g/mol. The van der Waals surface area contributed by atoms with E-state index in [2.05, 4.69) is 21.8 Å². The summed E-state index contributed by atoms with van der Waals surface area (Å²) < 4.78 is 5.37. The molecule has 2 rings (SSSR count). The third-order valence-electron chi connectivity index (χ3n) is 3.07. The molecule has 0 spiro atoms. The zero-order valence-electron chi connectivity index (χ0n) is 13.7. The number of benzene rings is 2. The van der Waals surface area contributed by atoms with Crippen molar-refractivity contribution in [2.75, 3.05) is 11.9 Å². The van der Waals surface area contributed by atoms with Crippen molar-refractivity contribution in [2.45, 2.75) is 6.42 Å². The Morgan fingerprint density at radius 2 is 1.88 bits per heavy atom. The number of carbonyl (C=O) groups is 2. The van der Waals surface area contributed by atoms with Gasteiger partial charge in [-0.15, -0.1) is 6.42 Å². The first kappa shape index (κ1) is 19.0. The van der Waals surface area contributed by atoms with Gasteiger partial charge in [0.05, 0.1) is 6.21 Å². The molecule has 0 aromatic heterocycles. The predicted molar refractivity (Wildman–Crippen MR) is 101 cm³/mol. The average molecular weight is 370 g/mol. The van der Waals surface area contributed by atoms with Crippen LogP contribution in [0.2, 0.25) is 5.02 Å². The van der Waals surface area contributed by atoms with Gasteiger partial charge in [-0.1, -0.05) is 29.7 Å². The molecule has 0 radical (unpaired) electrons. The fourth-order valence-corrected chi connectivity index (χ4v) is 2.06. The number of terminal acetylenes is 1. The first-order chi connectivity index (χ1) is 12.6. The number of nitrogens with one attached hydrogen (secondary N) is 2. The molecular formula is C19H16ClN3O3. The Labute approximate surface area is 156 Å². The van der Waals surface area contributed by atoms with E-state index in [4.69, 9.17) is 22.8 Å². The third kappa shape index (κ3) is 6.30. The molecule has 0 bridgehead atoms. The van der Waals surface area contributed by atoms with E-state index >= 15 is 0 Å². The van der Waals surface area contributed by atoms with E-state index in [-0.39, 0.29) is 13.0 Å². The molecule has 0 unspecified atom stereocenters. The second-order valence-corrected chi connectivity index (χ2v) is 5.49. The molecule has 7 heteroatoms. The van der Waals surface area contributed by atoms with Gasteiger partial charge in [-0.05, 0) is 36.4 Å². The van der Waals surface area contributed by atoms with Gasteiger partial charge < -0.3 is 10.1 Å². The van der Waals surface area contributed by atoms with E-state index < -0.39 is 11.8 Å². The summed E-state index contributed by atoms with van der Waals surface area (Å²) in [7, 11) is 0. The first-order valence-electron chi connectivity index (χ1n) is 7.61. The van der Waals surface area contributed by atoms with Crippen LogP contribution >= 0.6 is 11.6 Å². The van der Waals surface area contributed by atoms with Gasteiger partial charge in [0, 0.05) is 16.3 Å². The largest absolute Gasteiger partial charge is 0.480 e. The smallest absolute Gasteiger partial charge is 0.249 e. The molecule has 0 aliphatic rings. The molecule has 6 nitrogen and oxygen atoms in total. The second-order valence-electron chi connectivity index (χ2n) is 5.06. The molecule has 0 aliphatic carbocycles. The summed E-state index contributed by atoms with van der Waals surface area (Å²) >= 11 is 5.77. The number of rotatable bonds is 7. The highest BCUT2D eigenvalue weighted by Gasteiger charge is 2.09. The molecule has 2 aromatic rings. The van der Waals surface area contributed by atoms with E-state index in [1.165, 1.54) is 6.21 Å². The molecule has 26 heavy (non-hydrogen) atoms. The Balaban J connectivity index is 1.84. The lowest BCUT2D eigenvalue weighted by atomic mass is 10.2. The Kier molecular flexibility index (Phi) is 7.22. The summed E-state index contributed by atoms with van der Waals surface area (Å²) in [6.07, 6.45) is 6.22. The van der Waals surface area contributed by atoms with Crippen LogP contribution in [0, 0.1) is 12.3 Å². The van der Waals surface area contributed by atoms with Crippen LogP contribution in [0.1, 0.15) is 12.0 Å². The maximum Gasteiger partial charge on any atom is 0.249 e. The van der Waals surface area contributed by atoms with E-state index in [9.17, 15) is 9.59 Å². The number of hydrogen-bond donors (Lipinski definition) is 2. The quantitative estimate of drug-likeness (QED) is 0.341. The van der Waals surface area contributed by atoms with Crippen LogP contribution < -0.4 is 15.5 Å². The number of anilines is 1. The number of carbonyl (C=O) groups excluding carboxylic acids is 2. The lowest BCUT2D eigenvalue weighted by molar-refractivity contribution is -0.126. The highest BCUT2D eigenvalue weighted by atomic mass is 35.5. The number of para-hydroxylation sites is 1. The van der Waals surface area contributed by atoms with E-state index in [1.54, 1.807) is 48.5 Å². The van der Waals surface area contributed by atoms with Gasteiger partial charge in [0.15, 0.2) is 0 Å². The molecule has 0 saturated heterocycles. The number of amides is 2.